The highest BCUT2D eigenvalue weighted by Gasteiger charge is 2.32. The van der Waals surface area contributed by atoms with E-state index in [0.29, 0.717) is 17.8 Å². The zero-order valence-corrected chi connectivity index (χ0v) is 13.5. The molecule has 116 valence electrons. The van der Waals surface area contributed by atoms with E-state index in [9.17, 15) is 9.59 Å². The first-order valence-electron chi connectivity index (χ1n) is 8.05. The highest BCUT2D eigenvalue weighted by Crippen LogP contribution is 2.40. The number of hydrogen-bond donors (Lipinski definition) is 0. The molecule has 3 nitrogen and oxygen atoms in total. The number of hydrogen-bond acceptors (Lipinski definition) is 3. The fourth-order valence-corrected chi connectivity index (χ4v) is 3.13. The maximum Gasteiger partial charge on any atom is 0.313 e. The molecule has 0 amide bonds. The Hall–Kier alpha value is -0.860. The number of ketones is 1. The van der Waals surface area contributed by atoms with E-state index >= 15 is 0 Å². The number of ether oxygens (including phenoxy) is 1. The molecular formula is C17H30O3. The minimum absolute atomic E-state index is 0.00743. The Labute approximate surface area is 123 Å². The van der Waals surface area contributed by atoms with Crippen LogP contribution >= 0.6 is 0 Å². The summed E-state index contributed by atoms with van der Waals surface area (Å²) in [7, 11) is 0. The van der Waals surface area contributed by atoms with Crippen molar-refractivity contribution in [2.24, 2.45) is 11.3 Å². The number of esters is 1. The average Bonchev–Trinajstić information content (AvgIpc) is 2.34. The van der Waals surface area contributed by atoms with E-state index in [1.165, 1.54) is 12.8 Å². The standard InChI is InChI=1S/C17H30O3/c1-5-6-9-15(18)11-16(19)20-13(2)14-8-7-10-17(3,4)12-14/h13-14H,5-12H2,1-4H3. The number of carbonyl (C=O) groups excluding carboxylic acids is 2. The molecular weight excluding hydrogens is 252 g/mol. The zero-order valence-electron chi connectivity index (χ0n) is 13.5. The lowest BCUT2D eigenvalue weighted by Gasteiger charge is -2.37. The van der Waals surface area contributed by atoms with E-state index in [0.717, 1.165) is 25.7 Å². The van der Waals surface area contributed by atoms with Gasteiger partial charge in [-0.25, -0.2) is 0 Å². The Morgan fingerprint density at radius 2 is 2.05 bits per heavy atom. The van der Waals surface area contributed by atoms with Crippen LogP contribution in [0, 0.1) is 11.3 Å². The number of rotatable bonds is 7. The summed E-state index contributed by atoms with van der Waals surface area (Å²) in [5.41, 5.74) is 0.348. The summed E-state index contributed by atoms with van der Waals surface area (Å²) in [5, 5.41) is 0. The molecule has 1 fully saturated rings. The van der Waals surface area contributed by atoms with Gasteiger partial charge in [-0.2, -0.15) is 0 Å². The van der Waals surface area contributed by atoms with Gasteiger partial charge in [-0.05, 0) is 43.9 Å². The summed E-state index contributed by atoms with van der Waals surface area (Å²) in [4.78, 5) is 23.4. The van der Waals surface area contributed by atoms with E-state index in [2.05, 4.69) is 13.8 Å². The molecule has 3 heteroatoms. The van der Waals surface area contributed by atoms with Crippen LogP contribution in [0.2, 0.25) is 0 Å². The van der Waals surface area contributed by atoms with Crippen LogP contribution in [0.5, 0.6) is 0 Å². The van der Waals surface area contributed by atoms with Crippen LogP contribution in [0.25, 0.3) is 0 Å². The molecule has 0 bridgehead atoms. The molecule has 0 aromatic carbocycles. The predicted molar refractivity (Wildman–Crippen MR) is 80.4 cm³/mol. The van der Waals surface area contributed by atoms with E-state index in [-0.39, 0.29) is 24.3 Å². The van der Waals surface area contributed by atoms with Crippen molar-refractivity contribution in [2.45, 2.75) is 85.2 Å². The number of unbranched alkanes of at least 4 members (excludes halogenated alkanes) is 1. The van der Waals surface area contributed by atoms with Crippen LogP contribution in [-0.4, -0.2) is 17.9 Å². The van der Waals surface area contributed by atoms with Gasteiger partial charge in [0.1, 0.15) is 18.3 Å². The van der Waals surface area contributed by atoms with Gasteiger partial charge in [-0.15, -0.1) is 0 Å². The van der Waals surface area contributed by atoms with Crippen molar-refractivity contribution in [1.29, 1.82) is 0 Å². The van der Waals surface area contributed by atoms with Crippen LogP contribution in [0.1, 0.15) is 79.1 Å². The normalized spacial score (nSPS) is 23.1. The summed E-state index contributed by atoms with van der Waals surface area (Å²) in [6.45, 7) is 8.57. The first-order valence-corrected chi connectivity index (χ1v) is 8.05. The van der Waals surface area contributed by atoms with Crippen LogP contribution in [-0.2, 0) is 14.3 Å². The zero-order chi connectivity index (χ0) is 15.2. The molecule has 1 rings (SSSR count). The second kappa shape index (κ2) is 7.80. The van der Waals surface area contributed by atoms with E-state index in [4.69, 9.17) is 4.74 Å². The van der Waals surface area contributed by atoms with Gasteiger partial charge in [0.05, 0.1) is 0 Å². The number of Topliss-reactive ketones (excluding diaryl/α,β-unsaturated/α-hetero) is 1. The second-order valence-electron chi connectivity index (χ2n) is 7.03. The summed E-state index contributed by atoms with van der Waals surface area (Å²) in [6.07, 6.45) is 6.90. The first kappa shape index (κ1) is 17.2. The first-order chi connectivity index (χ1) is 9.34. The number of carbonyl (C=O) groups is 2. The molecule has 0 radical (unpaired) electrons. The van der Waals surface area contributed by atoms with Crippen molar-refractivity contribution in [3.63, 3.8) is 0 Å². The third kappa shape index (κ3) is 6.06. The van der Waals surface area contributed by atoms with Gasteiger partial charge in [0.25, 0.3) is 0 Å². The largest absolute Gasteiger partial charge is 0.462 e. The predicted octanol–water partition coefficient (Wildman–Crippen LogP) is 4.28. The highest BCUT2D eigenvalue weighted by molar-refractivity contribution is 5.95. The molecule has 0 aromatic rings. The monoisotopic (exact) mass is 282 g/mol. The van der Waals surface area contributed by atoms with Crippen molar-refractivity contribution in [3.05, 3.63) is 0 Å². The van der Waals surface area contributed by atoms with Gasteiger partial charge in [0.15, 0.2) is 0 Å². The van der Waals surface area contributed by atoms with E-state index in [1.807, 2.05) is 13.8 Å². The molecule has 0 N–H and O–H groups in total. The maximum absolute atomic E-state index is 11.8. The fraction of sp³-hybridized carbons (Fsp3) is 0.882. The quantitative estimate of drug-likeness (QED) is 0.517. The van der Waals surface area contributed by atoms with Crippen molar-refractivity contribution in [1.82, 2.24) is 0 Å². The fourth-order valence-electron chi connectivity index (χ4n) is 3.13. The Kier molecular flexibility index (Phi) is 6.70. The SMILES string of the molecule is CCCCC(=O)CC(=O)OC(C)C1CCCC(C)(C)C1. The van der Waals surface area contributed by atoms with Crippen molar-refractivity contribution in [2.75, 3.05) is 0 Å². The molecule has 1 aliphatic rings. The maximum atomic E-state index is 11.8. The third-order valence-corrected chi connectivity index (χ3v) is 4.38. The minimum Gasteiger partial charge on any atom is -0.462 e. The summed E-state index contributed by atoms with van der Waals surface area (Å²) in [5.74, 6) is 0.100. The van der Waals surface area contributed by atoms with Crippen LogP contribution in [0.3, 0.4) is 0 Å². The van der Waals surface area contributed by atoms with Gasteiger partial charge in [0.2, 0.25) is 0 Å². The molecule has 0 spiro atoms. The van der Waals surface area contributed by atoms with Gasteiger partial charge in [-0.3, -0.25) is 9.59 Å². The topological polar surface area (TPSA) is 43.4 Å². The van der Waals surface area contributed by atoms with Gasteiger partial charge >= 0.3 is 5.97 Å². The molecule has 0 aliphatic heterocycles. The summed E-state index contributed by atoms with van der Waals surface area (Å²) in [6, 6.07) is 0. The van der Waals surface area contributed by atoms with Crippen molar-refractivity contribution in [3.8, 4) is 0 Å². The Morgan fingerprint density at radius 1 is 1.35 bits per heavy atom. The third-order valence-electron chi connectivity index (χ3n) is 4.38. The highest BCUT2D eigenvalue weighted by atomic mass is 16.5. The Balaban J connectivity index is 2.35. The van der Waals surface area contributed by atoms with E-state index < -0.39 is 0 Å². The lowest BCUT2D eigenvalue weighted by molar-refractivity contribution is -0.153. The molecule has 2 unspecified atom stereocenters. The molecule has 1 aliphatic carbocycles. The molecule has 20 heavy (non-hydrogen) atoms. The molecule has 0 aromatic heterocycles. The van der Waals surface area contributed by atoms with Crippen LogP contribution < -0.4 is 0 Å². The van der Waals surface area contributed by atoms with Crippen LogP contribution in [0.15, 0.2) is 0 Å². The lowest BCUT2D eigenvalue weighted by Crippen LogP contribution is -2.32. The van der Waals surface area contributed by atoms with Crippen LogP contribution in [0.4, 0.5) is 0 Å². The van der Waals surface area contributed by atoms with Crippen molar-refractivity contribution < 1.29 is 14.3 Å². The average molecular weight is 282 g/mol. The van der Waals surface area contributed by atoms with Gasteiger partial charge in [-0.1, -0.05) is 33.6 Å². The van der Waals surface area contributed by atoms with Crippen molar-refractivity contribution >= 4 is 11.8 Å². The van der Waals surface area contributed by atoms with Gasteiger partial charge < -0.3 is 4.74 Å². The van der Waals surface area contributed by atoms with Gasteiger partial charge in [0, 0.05) is 6.42 Å². The summed E-state index contributed by atoms with van der Waals surface area (Å²) < 4.78 is 5.47. The molecule has 2 atom stereocenters. The lowest BCUT2D eigenvalue weighted by atomic mass is 9.71. The smallest absolute Gasteiger partial charge is 0.313 e. The molecule has 1 saturated carbocycles. The Morgan fingerprint density at radius 3 is 2.65 bits per heavy atom. The molecule has 0 heterocycles. The van der Waals surface area contributed by atoms with E-state index in [1.54, 1.807) is 0 Å². The summed E-state index contributed by atoms with van der Waals surface area (Å²) >= 11 is 0. The minimum atomic E-state index is -0.345. The second-order valence-corrected chi connectivity index (χ2v) is 7.03. The molecule has 0 saturated heterocycles. The Bertz CT molecular complexity index is 333.